The number of aromatic nitrogens is 4. The van der Waals surface area contributed by atoms with Crippen molar-refractivity contribution >= 4 is 107 Å². The van der Waals surface area contributed by atoms with Crippen LogP contribution in [0, 0.1) is 0 Å². The average Bonchev–Trinajstić information content (AvgIpc) is 3.67. The lowest BCUT2D eigenvalue weighted by Gasteiger charge is -2.11. The zero-order valence-electron chi connectivity index (χ0n) is 49.0. The van der Waals surface area contributed by atoms with E-state index in [9.17, 15) is 10.2 Å². The van der Waals surface area contributed by atoms with E-state index >= 15 is 0 Å². The molecule has 20 heteroatoms. The molecule has 0 aliphatic carbocycles. The van der Waals surface area contributed by atoms with Crippen LogP contribution in [-0.4, -0.2) is 47.1 Å². The summed E-state index contributed by atoms with van der Waals surface area (Å²) in [5, 5.41) is 55.3. The molecule has 0 fully saturated rings. The minimum Gasteiger partial charge on any atom is -1.00 e. The average molecular weight is 1480 g/mol. The number of rotatable bonds is 23. The molecule has 0 aliphatic rings. The molecular formula is C68H70Br4Cl2N12O2. The Morgan fingerprint density at radius 2 is 0.773 bits per heavy atom. The van der Waals surface area contributed by atoms with Crippen molar-refractivity contribution in [2.75, 3.05) is 29.4 Å². The van der Waals surface area contributed by atoms with E-state index in [-0.39, 0.29) is 62.4 Å². The van der Waals surface area contributed by atoms with Crippen LogP contribution >= 0.6 is 39.1 Å². The Bertz CT molecular complexity index is 3780. The molecule has 0 bridgehead atoms. The summed E-state index contributed by atoms with van der Waals surface area (Å²) in [7, 11) is 3.91. The lowest BCUT2D eigenvalue weighted by molar-refractivity contribution is -0.698. The number of fused-ring (bicyclic) bond motifs is 2. The first-order valence-electron chi connectivity index (χ1n) is 28.3. The standard InChI is InChI=1S/C34H34ClN6O.C19H25BrN3.C15H10ClN3O.3BrH/c1-39(29-11-5-4-6-12-29)36-26-27-15-21-40(22-16-27)19-9-2-3-10-20-41-23-17-28(18-24-41)37-38-33-25-32(35)30-13-7-8-14-31(30)34(33)42;1-22(19-9-5-4-6-10-19)21-17-18-11-15-23(16-12-18)14-8-3-2-7-13-20;16-13-9-14(19-18-10-5-7-17-8-6-10)15(20)12-4-2-1-3-11(12)13;;;/h4-8,11-18,21-26H,2-3,9-10,19-20H2,1H3;4-6,9-12,15-17H,2-3,7-8,13-14H2,1H3;1-9,20H;3*1H/q2*+1;;;;/p-2. The number of hydrogen-bond acceptors (Lipinski definition) is 11. The number of pyridine rings is 4. The van der Waals surface area contributed by atoms with Gasteiger partial charge >= 0.3 is 0 Å². The van der Waals surface area contributed by atoms with Crippen LogP contribution in [-0.2, 0) is 19.6 Å². The molecule has 6 aromatic carbocycles. The number of phenolic OH excluding ortho intramolecular Hbond substituents is 2. The third-order valence-corrected chi connectivity index (χ3v) is 14.9. The molecule has 0 saturated heterocycles. The van der Waals surface area contributed by atoms with Crippen molar-refractivity contribution in [3.8, 4) is 11.5 Å². The summed E-state index contributed by atoms with van der Waals surface area (Å²) in [6, 6.07) is 54.0. The van der Waals surface area contributed by atoms with Crippen molar-refractivity contribution in [3.05, 3.63) is 241 Å². The third kappa shape index (κ3) is 22.7. The highest BCUT2D eigenvalue weighted by Crippen LogP contribution is 2.41. The number of hydrogen-bond donors (Lipinski definition) is 2. The van der Waals surface area contributed by atoms with Gasteiger partial charge in [-0.25, -0.2) is 13.7 Å². The lowest BCUT2D eigenvalue weighted by atomic mass is 10.1. The fourth-order valence-corrected chi connectivity index (χ4v) is 9.81. The van der Waals surface area contributed by atoms with Gasteiger partial charge < -0.3 is 61.2 Å². The quantitative estimate of drug-likeness (QED) is 0.0165. The van der Waals surface area contributed by atoms with Gasteiger partial charge in [0.2, 0.25) is 0 Å². The number of hydrazone groups is 2. The van der Waals surface area contributed by atoms with E-state index in [1.807, 2.05) is 164 Å². The molecule has 88 heavy (non-hydrogen) atoms. The molecule has 4 aromatic heterocycles. The van der Waals surface area contributed by atoms with E-state index in [2.05, 4.69) is 114 Å². The number of azo groups is 2. The molecule has 0 radical (unpaired) electrons. The topological polar surface area (TPSA) is 146 Å². The van der Waals surface area contributed by atoms with Crippen LogP contribution in [0.2, 0.25) is 10.0 Å². The molecule has 0 unspecified atom stereocenters. The first-order valence-corrected chi connectivity index (χ1v) is 30.2. The summed E-state index contributed by atoms with van der Waals surface area (Å²) in [6.07, 6.45) is 29.3. The number of benzene rings is 6. The van der Waals surface area contributed by atoms with Crippen LogP contribution in [0.15, 0.2) is 250 Å². The molecule has 0 saturated carbocycles. The van der Waals surface area contributed by atoms with Crippen molar-refractivity contribution < 1.29 is 74.9 Å². The van der Waals surface area contributed by atoms with E-state index in [1.165, 1.54) is 38.5 Å². The number of para-hydroxylation sites is 2. The maximum atomic E-state index is 10.6. The highest BCUT2D eigenvalue weighted by molar-refractivity contribution is 9.09. The van der Waals surface area contributed by atoms with Crippen LogP contribution in [0.5, 0.6) is 11.5 Å². The number of nitrogens with zero attached hydrogens (tertiary/aromatic N) is 12. The highest BCUT2D eigenvalue weighted by Gasteiger charge is 2.12. The summed E-state index contributed by atoms with van der Waals surface area (Å²) in [5.74, 6) is 0.153. The molecule has 0 spiro atoms. The Balaban J connectivity index is 0.000000260. The number of alkyl halides is 1. The predicted molar refractivity (Wildman–Crippen MR) is 349 cm³/mol. The van der Waals surface area contributed by atoms with Crippen molar-refractivity contribution in [3.63, 3.8) is 0 Å². The Morgan fingerprint density at radius 1 is 0.432 bits per heavy atom. The second-order valence-electron chi connectivity index (χ2n) is 19.9. The van der Waals surface area contributed by atoms with Crippen LogP contribution in [0.25, 0.3) is 21.5 Å². The van der Waals surface area contributed by atoms with Crippen LogP contribution < -0.4 is 74.7 Å². The summed E-state index contributed by atoms with van der Waals surface area (Å²) in [5.41, 5.74) is 6.39. The van der Waals surface area contributed by atoms with Gasteiger partial charge in [0, 0.05) is 120 Å². The number of halogens is 6. The van der Waals surface area contributed by atoms with Crippen LogP contribution in [0.4, 0.5) is 34.1 Å². The first-order chi connectivity index (χ1) is 41.6. The maximum absolute atomic E-state index is 10.6. The van der Waals surface area contributed by atoms with Gasteiger partial charge in [-0.2, -0.15) is 15.3 Å². The minimum atomic E-state index is 0. The monoisotopic (exact) mass is 1470 g/mol. The van der Waals surface area contributed by atoms with Gasteiger partial charge in [-0.3, -0.25) is 15.0 Å². The van der Waals surface area contributed by atoms with Crippen LogP contribution in [0.3, 0.4) is 0 Å². The normalized spacial score (nSPS) is 11.0. The van der Waals surface area contributed by atoms with Gasteiger partial charge in [-0.15, -0.1) is 15.3 Å². The zero-order chi connectivity index (χ0) is 59.4. The van der Waals surface area contributed by atoms with Crippen molar-refractivity contribution in [1.82, 2.24) is 4.98 Å². The number of aryl methyl sites for hydroxylation is 3. The van der Waals surface area contributed by atoms with Gasteiger partial charge in [-0.05, 0) is 74.2 Å². The van der Waals surface area contributed by atoms with E-state index < -0.39 is 0 Å². The molecule has 14 nitrogen and oxygen atoms in total. The molecule has 0 atom stereocenters. The van der Waals surface area contributed by atoms with Crippen molar-refractivity contribution in [2.45, 2.75) is 71.0 Å². The Morgan fingerprint density at radius 3 is 1.16 bits per heavy atom. The zero-order valence-corrected chi connectivity index (χ0v) is 56.8. The maximum Gasteiger partial charge on any atom is 0.171 e. The third-order valence-electron chi connectivity index (χ3n) is 13.7. The fourth-order valence-electron chi connectivity index (χ4n) is 8.88. The van der Waals surface area contributed by atoms with Crippen molar-refractivity contribution in [1.29, 1.82) is 0 Å². The SMILES string of the molecule is CN(/N=C/c1cc[n+](CCCCCCBr)cc1)c1ccccc1.CN(/N=C\c1cc[n+](CCCCCC[n+]2ccc(N=Nc3cc(Cl)c4ccccc4c3O)cc2)cc1)c1ccccc1.Oc1c(N=Nc2ccncc2)cc(Cl)c2ccccc12.[Br-].[Br-].[Br-]. The van der Waals surface area contributed by atoms with E-state index in [0.717, 1.165) is 71.1 Å². The van der Waals surface area contributed by atoms with Crippen molar-refractivity contribution in [2.24, 2.45) is 30.7 Å². The first kappa shape index (κ1) is 71.4. The Hall–Kier alpha value is -7.32. The molecule has 0 amide bonds. The second kappa shape index (κ2) is 38.8. The van der Waals surface area contributed by atoms with Crippen LogP contribution in [0.1, 0.15) is 62.5 Å². The summed E-state index contributed by atoms with van der Waals surface area (Å²) in [4.78, 5) is 3.90. The van der Waals surface area contributed by atoms with Gasteiger partial charge in [0.1, 0.15) is 31.0 Å². The minimum absolute atomic E-state index is 0. The highest BCUT2D eigenvalue weighted by atomic mass is 79.9. The molecule has 0 aliphatic heterocycles. The summed E-state index contributed by atoms with van der Waals surface area (Å²) < 4.78 is 6.63. The molecule has 4 heterocycles. The Labute approximate surface area is 565 Å². The van der Waals surface area contributed by atoms with E-state index in [4.69, 9.17) is 23.2 Å². The molecule has 456 valence electrons. The summed E-state index contributed by atoms with van der Waals surface area (Å²) in [6.45, 7) is 3.05. The number of aromatic hydroxyl groups is 2. The molecule has 10 rings (SSSR count). The molecule has 2 N–H and O–H groups in total. The molecular weight excluding hydrogens is 1410 g/mol. The lowest BCUT2D eigenvalue weighted by Crippen LogP contribution is -3.00. The van der Waals surface area contributed by atoms with E-state index in [0.29, 0.717) is 43.6 Å². The van der Waals surface area contributed by atoms with Gasteiger partial charge in [0.15, 0.2) is 48.7 Å². The smallest absolute Gasteiger partial charge is 0.171 e. The second-order valence-corrected chi connectivity index (χ2v) is 21.5. The number of unbranched alkanes of at least 4 members (excludes halogenated alkanes) is 6. The van der Waals surface area contributed by atoms with E-state index in [1.54, 1.807) is 42.7 Å². The fraction of sp³-hybridized carbons (Fsp3) is 0.206. The molecule has 10 aromatic rings. The largest absolute Gasteiger partial charge is 1.00 e. The Kier molecular flexibility index (Phi) is 31.5. The van der Waals surface area contributed by atoms with Gasteiger partial charge in [-0.1, -0.05) is 130 Å². The van der Waals surface area contributed by atoms with Gasteiger partial charge in [0.25, 0.3) is 0 Å². The number of phenols is 2. The van der Waals surface area contributed by atoms with Gasteiger partial charge in [0.05, 0.1) is 45.2 Å². The summed E-state index contributed by atoms with van der Waals surface area (Å²) >= 11 is 16.0. The predicted octanol–water partition coefficient (Wildman–Crippen LogP) is 8.34. The number of anilines is 2.